The van der Waals surface area contributed by atoms with Gasteiger partial charge in [0.2, 0.25) is 0 Å². The molecule has 2 N–H and O–H groups in total. The minimum absolute atomic E-state index is 0.909. The van der Waals surface area contributed by atoms with E-state index < -0.39 is 0 Å². The van der Waals surface area contributed by atoms with Crippen LogP contribution in [0.4, 0.5) is 0 Å². The maximum absolute atomic E-state index is 4.55. The fourth-order valence-electron chi connectivity index (χ4n) is 2.76. The number of hydrogen-bond acceptors (Lipinski definition) is 4. The van der Waals surface area contributed by atoms with E-state index in [1.54, 1.807) is 0 Å². The second kappa shape index (κ2) is 5.60. The molecule has 1 aliphatic rings. The van der Waals surface area contributed by atoms with Gasteiger partial charge in [0, 0.05) is 30.9 Å². The number of fused-ring (bicyclic) bond motifs is 1. The summed E-state index contributed by atoms with van der Waals surface area (Å²) in [7, 11) is 0. The molecule has 0 spiro atoms. The largest absolute Gasteiger partial charge is 0.340 e. The van der Waals surface area contributed by atoms with Crippen molar-refractivity contribution < 1.29 is 0 Å². The second-order valence-electron chi connectivity index (χ2n) is 5.42. The van der Waals surface area contributed by atoms with Crippen LogP contribution in [0.3, 0.4) is 0 Å². The number of nitrogens with zero attached hydrogens (tertiary/aromatic N) is 2. The smallest absolute Gasteiger partial charge is 0.120 e. The molecule has 3 heterocycles. The highest BCUT2D eigenvalue weighted by molar-refractivity contribution is 7.22. The van der Waals surface area contributed by atoms with Crippen LogP contribution >= 0.6 is 11.3 Å². The van der Waals surface area contributed by atoms with Crippen molar-refractivity contribution in [1.82, 2.24) is 20.2 Å². The highest BCUT2D eigenvalue weighted by atomic mass is 32.1. The zero-order valence-corrected chi connectivity index (χ0v) is 12.6. The Morgan fingerprint density at radius 3 is 2.90 bits per heavy atom. The van der Waals surface area contributed by atoms with Crippen molar-refractivity contribution in [1.29, 1.82) is 0 Å². The number of thiophene rings is 1. The summed E-state index contributed by atoms with van der Waals surface area (Å²) in [5.41, 5.74) is 1.13. The number of aromatic amines is 1. The van der Waals surface area contributed by atoms with Crippen molar-refractivity contribution in [3.8, 4) is 10.6 Å². The molecule has 0 saturated carbocycles. The summed E-state index contributed by atoms with van der Waals surface area (Å²) in [6.45, 7) is 5.25. The molecule has 4 rings (SSSR count). The van der Waals surface area contributed by atoms with Gasteiger partial charge in [-0.15, -0.1) is 11.3 Å². The van der Waals surface area contributed by atoms with Crippen LogP contribution in [0.25, 0.3) is 20.7 Å². The van der Waals surface area contributed by atoms with Crippen LogP contribution in [-0.2, 0) is 6.54 Å². The van der Waals surface area contributed by atoms with Gasteiger partial charge in [0.1, 0.15) is 5.82 Å². The van der Waals surface area contributed by atoms with Crippen LogP contribution in [0.1, 0.15) is 5.82 Å². The summed E-state index contributed by atoms with van der Waals surface area (Å²) in [6.07, 6.45) is 1.96. The van der Waals surface area contributed by atoms with Crippen molar-refractivity contribution in [3.63, 3.8) is 0 Å². The molecule has 0 bridgehead atoms. The van der Waals surface area contributed by atoms with Crippen LogP contribution < -0.4 is 5.32 Å². The lowest BCUT2D eigenvalue weighted by molar-refractivity contribution is 0.228. The first-order valence-electron chi connectivity index (χ1n) is 7.34. The van der Waals surface area contributed by atoms with Gasteiger partial charge in [-0.2, -0.15) is 0 Å². The molecule has 0 atom stereocenters. The molecule has 0 aliphatic carbocycles. The van der Waals surface area contributed by atoms with Gasteiger partial charge in [0.05, 0.1) is 23.3 Å². The molecule has 108 valence electrons. The Morgan fingerprint density at radius 2 is 2.05 bits per heavy atom. The molecular weight excluding hydrogens is 280 g/mol. The number of benzene rings is 1. The third-order valence-electron chi connectivity index (χ3n) is 3.90. The number of rotatable bonds is 3. The predicted octanol–water partition coefficient (Wildman–Crippen LogP) is 2.70. The molecule has 3 aromatic rings. The number of H-pyrrole nitrogens is 1. The number of nitrogens with one attached hydrogen (secondary N) is 2. The maximum atomic E-state index is 4.55. The third kappa shape index (κ3) is 2.72. The molecule has 1 fully saturated rings. The first-order chi connectivity index (χ1) is 10.4. The minimum atomic E-state index is 0.909. The lowest BCUT2D eigenvalue weighted by Crippen LogP contribution is -2.43. The first kappa shape index (κ1) is 13.0. The quantitative estimate of drug-likeness (QED) is 0.781. The molecular formula is C16H18N4S. The van der Waals surface area contributed by atoms with Gasteiger partial charge in [0.25, 0.3) is 0 Å². The van der Waals surface area contributed by atoms with Gasteiger partial charge in [-0.05, 0) is 17.5 Å². The Balaban J connectivity index is 1.55. The van der Waals surface area contributed by atoms with Crippen molar-refractivity contribution in [2.24, 2.45) is 0 Å². The molecule has 1 aliphatic heterocycles. The molecule has 0 radical (unpaired) electrons. The number of hydrogen-bond donors (Lipinski definition) is 2. The molecule has 5 heteroatoms. The van der Waals surface area contributed by atoms with E-state index in [0.717, 1.165) is 44.2 Å². The highest BCUT2D eigenvalue weighted by Crippen LogP contribution is 2.32. The van der Waals surface area contributed by atoms with Crippen LogP contribution in [0.2, 0.25) is 0 Å². The fourth-order valence-corrected chi connectivity index (χ4v) is 3.79. The van der Waals surface area contributed by atoms with Gasteiger partial charge in [0.15, 0.2) is 0 Å². The molecule has 2 aromatic heterocycles. The number of imidazole rings is 1. The lowest BCUT2D eigenvalue weighted by atomic mass is 10.2. The van der Waals surface area contributed by atoms with Gasteiger partial charge in [-0.1, -0.05) is 18.2 Å². The summed E-state index contributed by atoms with van der Waals surface area (Å²) >= 11 is 1.81. The van der Waals surface area contributed by atoms with E-state index in [0.29, 0.717) is 0 Å². The van der Waals surface area contributed by atoms with Crippen molar-refractivity contribution in [2.45, 2.75) is 6.54 Å². The van der Waals surface area contributed by atoms with Crippen molar-refractivity contribution in [2.75, 3.05) is 26.2 Å². The van der Waals surface area contributed by atoms with Crippen LogP contribution in [-0.4, -0.2) is 41.0 Å². The summed E-state index contributed by atoms with van der Waals surface area (Å²) < 4.78 is 1.32. The average molecular weight is 298 g/mol. The SMILES string of the molecule is c1ccc2sc(-c3cnc(CN4CCNCC4)[nH]3)cc2c1. The van der Waals surface area contributed by atoms with Crippen molar-refractivity contribution in [3.05, 3.63) is 42.4 Å². The van der Waals surface area contributed by atoms with Crippen molar-refractivity contribution >= 4 is 21.4 Å². The van der Waals surface area contributed by atoms with E-state index in [4.69, 9.17) is 0 Å². The average Bonchev–Trinajstić information content (AvgIpc) is 3.14. The van der Waals surface area contributed by atoms with Crippen LogP contribution in [0, 0.1) is 0 Å². The second-order valence-corrected chi connectivity index (χ2v) is 6.50. The Bertz CT molecular complexity index is 706. The summed E-state index contributed by atoms with van der Waals surface area (Å²) in [5, 5.41) is 4.68. The maximum Gasteiger partial charge on any atom is 0.120 e. The van der Waals surface area contributed by atoms with Crippen LogP contribution in [0.15, 0.2) is 36.5 Å². The van der Waals surface area contributed by atoms with E-state index in [2.05, 4.69) is 50.5 Å². The van der Waals surface area contributed by atoms with E-state index >= 15 is 0 Å². The topological polar surface area (TPSA) is 44.0 Å². The number of piperazine rings is 1. The standard InChI is InChI=1S/C16H18N4S/c1-2-4-14-12(3-1)9-15(21-14)13-10-18-16(19-13)11-20-7-5-17-6-8-20/h1-4,9-10,17H,5-8,11H2,(H,18,19). The van der Waals surface area contributed by atoms with Gasteiger partial charge >= 0.3 is 0 Å². The van der Waals surface area contributed by atoms with Gasteiger partial charge in [-0.3, -0.25) is 4.90 Å². The molecule has 1 aromatic carbocycles. The van der Waals surface area contributed by atoms with E-state index in [1.807, 2.05) is 17.5 Å². The highest BCUT2D eigenvalue weighted by Gasteiger charge is 2.13. The van der Waals surface area contributed by atoms with E-state index in [1.165, 1.54) is 15.0 Å². The Kier molecular flexibility index (Phi) is 3.47. The Hall–Kier alpha value is -1.69. The molecule has 4 nitrogen and oxygen atoms in total. The predicted molar refractivity (Wildman–Crippen MR) is 87.6 cm³/mol. The summed E-state index contributed by atoms with van der Waals surface area (Å²) in [4.78, 5) is 11.7. The lowest BCUT2D eigenvalue weighted by Gasteiger charge is -2.26. The first-order valence-corrected chi connectivity index (χ1v) is 8.16. The molecule has 21 heavy (non-hydrogen) atoms. The molecule has 0 amide bonds. The Morgan fingerprint density at radius 1 is 1.19 bits per heavy atom. The van der Waals surface area contributed by atoms with E-state index in [9.17, 15) is 0 Å². The molecule has 0 unspecified atom stereocenters. The normalized spacial score (nSPS) is 16.6. The minimum Gasteiger partial charge on any atom is -0.340 e. The fraction of sp³-hybridized carbons (Fsp3) is 0.312. The zero-order chi connectivity index (χ0) is 14.1. The monoisotopic (exact) mass is 298 g/mol. The van der Waals surface area contributed by atoms with E-state index in [-0.39, 0.29) is 0 Å². The Labute approximate surface area is 127 Å². The summed E-state index contributed by atoms with van der Waals surface area (Å²) in [6, 6.07) is 10.7. The van der Waals surface area contributed by atoms with Crippen LogP contribution in [0.5, 0.6) is 0 Å². The zero-order valence-electron chi connectivity index (χ0n) is 11.8. The third-order valence-corrected chi connectivity index (χ3v) is 5.05. The van der Waals surface area contributed by atoms with Gasteiger partial charge < -0.3 is 10.3 Å². The van der Waals surface area contributed by atoms with Gasteiger partial charge in [-0.25, -0.2) is 4.98 Å². The molecule has 1 saturated heterocycles. The summed E-state index contributed by atoms with van der Waals surface area (Å²) in [5.74, 6) is 1.06. The number of aromatic nitrogens is 2.